The molecule has 1 fully saturated rings. The number of ether oxygens (including phenoxy) is 1. The van der Waals surface area contributed by atoms with Crippen LogP contribution in [-0.4, -0.2) is 51.9 Å². The minimum absolute atomic E-state index is 0.199. The van der Waals surface area contributed by atoms with E-state index < -0.39 is 0 Å². The zero-order valence-electron chi connectivity index (χ0n) is 15.5. The highest BCUT2D eigenvalue weighted by Gasteiger charge is 2.26. The molecule has 7 nitrogen and oxygen atoms in total. The fourth-order valence-corrected chi connectivity index (χ4v) is 3.66. The van der Waals surface area contributed by atoms with E-state index in [1.165, 1.54) is 18.4 Å². The second kappa shape index (κ2) is 8.18. The molecule has 3 aromatic rings. The molecule has 1 aromatic heterocycles. The first-order chi connectivity index (χ1) is 13.4. The van der Waals surface area contributed by atoms with Crippen LogP contribution in [0, 0.1) is 0 Å². The first kappa shape index (κ1) is 17.5. The zero-order chi connectivity index (χ0) is 18.5. The largest absolute Gasteiger partial charge is 0.496 e. The van der Waals surface area contributed by atoms with Crippen LogP contribution in [0.4, 0.5) is 5.95 Å². The summed E-state index contributed by atoms with van der Waals surface area (Å²) in [6.45, 7) is 2.88. The number of tetrazole rings is 1. The van der Waals surface area contributed by atoms with Gasteiger partial charge in [-0.3, -0.25) is 4.90 Å². The molecule has 140 valence electrons. The molecule has 0 bridgehead atoms. The Kier molecular flexibility index (Phi) is 5.29. The molecule has 7 heteroatoms. The van der Waals surface area contributed by atoms with Crippen LogP contribution in [0.15, 0.2) is 54.6 Å². The molecule has 1 N–H and O–H groups in total. The van der Waals surface area contributed by atoms with Crippen molar-refractivity contribution < 1.29 is 4.74 Å². The van der Waals surface area contributed by atoms with Crippen molar-refractivity contribution in [1.29, 1.82) is 0 Å². The van der Waals surface area contributed by atoms with Gasteiger partial charge in [-0.1, -0.05) is 41.5 Å². The normalized spacial score (nSPS) is 15.6. The van der Waals surface area contributed by atoms with Crippen molar-refractivity contribution >= 4 is 5.95 Å². The van der Waals surface area contributed by atoms with Gasteiger partial charge in [-0.15, -0.1) is 0 Å². The van der Waals surface area contributed by atoms with Crippen molar-refractivity contribution in [2.75, 3.05) is 32.1 Å². The minimum Gasteiger partial charge on any atom is -0.496 e. The van der Waals surface area contributed by atoms with E-state index in [0.29, 0.717) is 12.5 Å². The van der Waals surface area contributed by atoms with Gasteiger partial charge in [0.2, 0.25) is 5.95 Å². The fourth-order valence-electron chi connectivity index (χ4n) is 3.66. The number of likely N-dealkylation sites (tertiary alicyclic amines) is 1. The van der Waals surface area contributed by atoms with Crippen molar-refractivity contribution in [3.8, 4) is 11.4 Å². The van der Waals surface area contributed by atoms with E-state index in [4.69, 9.17) is 4.74 Å². The van der Waals surface area contributed by atoms with Crippen molar-refractivity contribution in [1.82, 2.24) is 25.1 Å². The monoisotopic (exact) mass is 364 g/mol. The number of rotatable bonds is 7. The molecule has 4 rings (SSSR count). The van der Waals surface area contributed by atoms with Crippen molar-refractivity contribution in [3.05, 3.63) is 60.2 Å². The third-order valence-corrected chi connectivity index (χ3v) is 5.00. The van der Waals surface area contributed by atoms with Gasteiger partial charge >= 0.3 is 0 Å². The Balaban J connectivity index is 1.58. The summed E-state index contributed by atoms with van der Waals surface area (Å²) >= 11 is 0. The van der Waals surface area contributed by atoms with E-state index >= 15 is 0 Å². The summed E-state index contributed by atoms with van der Waals surface area (Å²) in [4.78, 5) is 2.50. The standard InChI is InChI=1S/C20H24N6O/c1-27-19-12-6-5-11-17(19)18(25-13-7-8-14-25)15-21-20-22-23-24-26(20)16-9-3-2-4-10-16/h2-6,9-12,18H,7-8,13-15H2,1H3,(H,21,22,24). The lowest BCUT2D eigenvalue weighted by atomic mass is 10.0. The third kappa shape index (κ3) is 3.78. The minimum atomic E-state index is 0.199. The van der Waals surface area contributed by atoms with Crippen LogP contribution in [0.3, 0.4) is 0 Å². The van der Waals surface area contributed by atoms with E-state index in [-0.39, 0.29) is 6.04 Å². The van der Waals surface area contributed by atoms with Gasteiger partial charge in [0.25, 0.3) is 0 Å². The Labute approximate surface area is 159 Å². The van der Waals surface area contributed by atoms with Gasteiger partial charge in [0, 0.05) is 12.1 Å². The Morgan fingerprint density at radius 1 is 1.04 bits per heavy atom. The molecule has 1 aliphatic rings. The first-order valence-corrected chi connectivity index (χ1v) is 9.31. The molecular formula is C20H24N6O. The van der Waals surface area contributed by atoms with Gasteiger partial charge in [-0.2, -0.15) is 4.68 Å². The van der Waals surface area contributed by atoms with Crippen molar-refractivity contribution in [3.63, 3.8) is 0 Å². The number of methoxy groups -OCH3 is 1. The van der Waals surface area contributed by atoms with Crippen LogP contribution in [0.5, 0.6) is 5.75 Å². The molecule has 1 aliphatic heterocycles. The topological polar surface area (TPSA) is 68.1 Å². The summed E-state index contributed by atoms with van der Waals surface area (Å²) in [5.74, 6) is 1.55. The molecule has 1 saturated heterocycles. The smallest absolute Gasteiger partial charge is 0.247 e. The molecular weight excluding hydrogens is 340 g/mol. The van der Waals surface area contributed by atoms with E-state index in [0.717, 1.165) is 24.5 Å². The highest BCUT2D eigenvalue weighted by atomic mass is 16.5. The number of hydrogen-bond acceptors (Lipinski definition) is 6. The van der Waals surface area contributed by atoms with E-state index in [9.17, 15) is 0 Å². The summed E-state index contributed by atoms with van der Waals surface area (Å²) in [6, 6.07) is 18.3. The number of para-hydroxylation sites is 2. The number of hydrogen-bond donors (Lipinski definition) is 1. The van der Waals surface area contributed by atoms with E-state index in [2.05, 4.69) is 37.9 Å². The first-order valence-electron chi connectivity index (χ1n) is 9.31. The summed E-state index contributed by atoms with van der Waals surface area (Å²) in [5, 5.41) is 15.6. The van der Waals surface area contributed by atoms with Crippen LogP contribution in [0.1, 0.15) is 24.4 Å². The number of benzene rings is 2. The van der Waals surface area contributed by atoms with Crippen LogP contribution < -0.4 is 10.1 Å². The summed E-state index contributed by atoms with van der Waals surface area (Å²) in [7, 11) is 1.73. The molecule has 2 aromatic carbocycles. The van der Waals surface area contributed by atoms with E-state index in [1.807, 2.05) is 42.5 Å². The zero-order valence-corrected chi connectivity index (χ0v) is 15.5. The number of nitrogens with one attached hydrogen (secondary N) is 1. The molecule has 0 spiro atoms. The highest BCUT2D eigenvalue weighted by molar-refractivity contribution is 5.40. The predicted octanol–water partition coefficient (Wildman–Crippen LogP) is 2.92. The van der Waals surface area contributed by atoms with Gasteiger partial charge < -0.3 is 10.1 Å². The van der Waals surface area contributed by atoms with Gasteiger partial charge in [-0.25, -0.2) is 0 Å². The quantitative estimate of drug-likeness (QED) is 0.695. The average molecular weight is 364 g/mol. The lowest BCUT2D eigenvalue weighted by Gasteiger charge is -2.29. The molecule has 0 aliphatic carbocycles. The number of aromatic nitrogens is 4. The average Bonchev–Trinajstić information content (AvgIpc) is 3.41. The van der Waals surface area contributed by atoms with Crippen LogP contribution in [0.2, 0.25) is 0 Å². The Morgan fingerprint density at radius 2 is 1.78 bits per heavy atom. The van der Waals surface area contributed by atoms with Crippen molar-refractivity contribution in [2.24, 2.45) is 0 Å². The molecule has 0 radical (unpaired) electrons. The second-order valence-electron chi connectivity index (χ2n) is 6.63. The van der Waals surface area contributed by atoms with Crippen LogP contribution in [0.25, 0.3) is 5.69 Å². The summed E-state index contributed by atoms with van der Waals surface area (Å²) < 4.78 is 7.34. The lowest BCUT2D eigenvalue weighted by Crippen LogP contribution is -2.31. The molecule has 1 unspecified atom stereocenters. The number of anilines is 1. The SMILES string of the molecule is COc1ccccc1C(CNc1nnnn1-c1ccccc1)N1CCCC1. The van der Waals surface area contributed by atoms with Crippen molar-refractivity contribution in [2.45, 2.75) is 18.9 Å². The fraction of sp³-hybridized carbons (Fsp3) is 0.350. The molecule has 0 saturated carbocycles. The van der Waals surface area contributed by atoms with Gasteiger partial charge in [0.15, 0.2) is 0 Å². The maximum Gasteiger partial charge on any atom is 0.247 e. The van der Waals surface area contributed by atoms with Gasteiger partial charge in [0.05, 0.1) is 18.8 Å². The number of nitrogens with zero attached hydrogens (tertiary/aromatic N) is 5. The lowest BCUT2D eigenvalue weighted by molar-refractivity contribution is 0.249. The van der Waals surface area contributed by atoms with Gasteiger partial charge in [-0.05, 0) is 54.6 Å². The maximum absolute atomic E-state index is 5.62. The van der Waals surface area contributed by atoms with Crippen LogP contribution in [-0.2, 0) is 0 Å². The Hall–Kier alpha value is -2.93. The summed E-state index contributed by atoms with van der Waals surface area (Å²) in [5.41, 5.74) is 2.12. The molecule has 1 atom stereocenters. The highest BCUT2D eigenvalue weighted by Crippen LogP contribution is 2.31. The Bertz CT molecular complexity index is 860. The van der Waals surface area contributed by atoms with E-state index in [1.54, 1.807) is 11.8 Å². The predicted molar refractivity (Wildman–Crippen MR) is 104 cm³/mol. The summed E-state index contributed by atoms with van der Waals surface area (Å²) in [6.07, 6.45) is 2.46. The molecule has 27 heavy (non-hydrogen) atoms. The second-order valence-corrected chi connectivity index (χ2v) is 6.63. The van der Waals surface area contributed by atoms with Gasteiger partial charge in [0.1, 0.15) is 5.75 Å². The molecule has 2 heterocycles. The Morgan fingerprint density at radius 3 is 2.56 bits per heavy atom. The van der Waals surface area contributed by atoms with Crippen LogP contribution >= 0.6 is 0 Å². The molecule has 0 amide bonds. The third-order valence-electron chi connectivity index (χ3n) is 5.00. The maximum atomic E-state index is 5.62.